The molecule has 4 nitrogen and oxygen atoms in total. The van der Waals surface area contributed by atoms with Crippen LogP contribution < -0.4 is 0 Å². The highest BCUT2D eigenvalue weighted by Gasteiger charge is 2.32. The molecule has 2 N–H and O–H groups in total. The number of unbranched alkanes of at least 4 members (excludes halogenated alkanes) is 7. The van der Waals surface area contributed by atoms with Crippen molar-refractivity contribution in [1.29, 1.82) is 0 Å². The summed E-state index contributed by atoms with van der Waals surface area (Å²) in [5, 5.41) is 18.0. The maximum Gasteiger partial charge on any atom is 0.173 e. The number of aliphatic hydroxyl groups excluding tert-OH is 2. The summed E-state index contributed by atoms with van der Waals surface area (Å²) in [5.74, 6) is 0. The predicted octanol–water partition coefficient (Wildman–Crippen LogP) is 5.31. The minimum atomic E-state index is -1.64. The molecule has 0 spiro atoms. The Bertz CT molecular complexity index is 325. The average molecular weight is 407 g/mol. The minimum absolute atomic E-state index is 0.220. The highest BCUT2D eigenvalue weighted by Crippen LogP contribution is 2.25. The molecule has 0 aromatic heterocycles. The van der Waals surface area contributed by atoms with Crippen molar-refractivity contribution in [3.8, 4) is 0 Å². The van der Waals surface area contributed by atoms with Crippen LogP contribution in [-0.2, 0) is 8.85 Å². The lowest BCUT2D eigenvalue weighted by molar-refractivity contribution is 0.00639. The van der Waals surface area contributed by atoms with Crippen molar-refractivity contribution in [3.63, 3.8) is 0 Å². The van der Waals surface area contributed by atoms with Crippen LogP contribution >= 0.6 is 0 Å². The normalized spacial score (nSPS) is 14.0. The minimum Gasteiger partial charge on any atom is -0.455 e. The van der Waals surface area contributed by atoms with Gasteiger partial charge in [0.15, 0.2) is 16.6 Å². The first-order chi connectivity index (χ1) is 12.2. The van der Waals surface area contributed by atoms with Crippen molar-refractivity contribution in [2.45, 2.75) is 109 Å². The van der Waals surface area contributed by atoms with Crippen molar-refractivity contribution in [2.75, 3.05) is 19.8 Å². The van der Waals surface area contributed by atoms with E-state index in [1.54, 1.807) is 0 Å². The summed E-state index contributed by atoms with van der Waals surface area (Å²) >= 11 is 0. The van der Waals surface area contributed by atoms with Gasteiger partial charge in [-0.3, -0.25) is 0 Å². The zero-order valence-corrected chi connectivity index (χ0v) is 20.2. The molecule has 0 bridgehead atoms. The second-order valence-corrected chi connectivity index (χ2v) is 17.7. The van der Waals surface area contributed by atoms with Gasteiger partial charge in [0.05, 0.1) is 13.2 Å². The van der Waals surface area contributed by atoms with Gasteiger partial charge in [-0.1, -0.05) is 58.3 Å². The number of hydrogen-bond donors (Lipinski definition) is 2. The summed E-state index contributed by atoms with van der Waals surface area (Å²) in [5.41, 5.74) is 0. The predicted molar refractivity (Wildman–Crippen MR) is 117 cm³/mol. The van der Waals surface area contributed by atoms with Crippen LogP contribution in [0.4, 0.5) is 0 Å². The summed E-state index contributed by atoms with van der Waals surface area (Å²) in [6, 6.07) is 2.37. The quantitative estimate of drug-likeness (QED) is 0.239. The second kappa shape index (κ2) is 15.2. The van der Waals surface area contributed by atoms with Gasteiger partial charge >= 0.3 is 0 Å². The highest BCUT2D eigenvalue weighted by molar-refractivity contribution is 6.84. The zero-order valence-electron chi connectivity index (χ0n) is 18.2. The first kappa shape index (κ1) is 26.3. The Kier molecular flexibility index (Phi) is 15.4. The van der Waals surface area contributed by atoms with Gasteiger partial charge in [-0.2, -0.15) is 0 Å². The molecular formula is C20H46O4Si2. The van der Waals surface area contributed by atoms with E-state index in [1.165, 1.54) is 57.4 Å². The zero-order chi connectivity index (χ0) is 19.9. The van der Waals surface area contributed by atoms with E-state index in [0.717, 1.165) is 12.5 Å². The molecule has 0 aromatic carbocycles. The monoisotopic (exact) mass is 406 g/mol. The van der Waals surface area contributed by atoms with E-state index >= 15 is 0 Å². The average Bonchev–Trinajstić information content (AvgIpc) is 2.55. The summed E-state index contributed by atoms with van der Waals surface area (Å²) < 4.78 is 12.1. The molecule has 0 aliphatic rings. The van der Waals surface area contributed by atoms with Gasteiger partial charge in [0, 0.05) is 6.61 Å². The van der Waals surface area contributed by atoms with Gasteiger partial charge in [0.25, 0.3) is 0 Å². The van der Waals surface area contributed by atoms with Gasteiger partial charge in [-0.25, -0.2) is 0 Å². The third kappa shape index (κ3) is 16.4. The van der Waals surface area contributed by atoms with Crippen molar-refractivity contribution >= 4 is 16.6 Å². The molecule has 0 rings (SSSR count). The molecule has 0 saturated carbocycles. The second-order valence-electron chi connectivity index (χ2n) is 8.86. The molecule has 0 amide bonds. The third-order valence-corrected chi connectivity index (χ3v) is 12.3. The van der Waals surface area contributed by atoms with Gasteiger partial charge in [-0.05, 0) is 44.7 Å². The smallest absolute Gasteiger partial charge is 0.173 e. The highest BCUT2D eigenvalue weighted by atomic mass is 28.4. The first-order valence-corrected chi connectivity index (χ1v) is 17.0. The number of rotatable bonds is 18. The molecule has 0 fully saturated rings. The standard InChI is InChI=1S/C20H46O4Si2/c1-6-7-8-9-10-11-12-13-16-25(2,3)24-26(4,5)17-14-15-23-19-20(22)18-21/h20-22H,6-19H2,1-5H3. The maximum atomic E-state index is 9.26. The Balaban J connectivity index is 3.81. The fourth-order valence-electron chi connectivity index (χ4n) is 3.41. The number of hydrogen-bond acceptors (Lipinski definition) is 4. The molecule has 0 aromatic rings. The number of ether oxygens (including phenoxy) is 1. The maximum absolute atomic E-state index is 9.26. The van der Waals surface area contributed by atoms with E-state index < -0.39 is 22.7 Å². The summed E-state index contributed by atoms with van der Waals surface area (Å²) in [7, 11) is -3.21. The van der Waals surface area contributed by atoms with Crippen molar-refractivity contribution < 1.29 is 19.1 Å². The fraction of sp³-hybridized carbons (Fsp3) is 1.00. The van der Waals surface area contributed by atoms with Gasteiger partial charge in [-0.15, -0.1) is 0 Å². The Hall–Kier alpha value is 0.274. The first-order valence-electron chi connectivity index (χ1n) is 10.8. The topological polar surface area (TPSA) is 58.9 Å². The lowest BCUT2D eigenvalue weighted by atomic mass is 10.1. The summed E-state index contributed by atoms with van der Waals surface area (Å²) in [6.07, 6.45) is 11.2. The molecule has 0 aliphatic heterocycles. The summed E-state index contributed by atoms with van der Waals surface area (Å²) in [4.78, 5) is 0. The SMILES string of the molecule is CCCCCCCCCC[Si](C)(C)O[Si](C)(C)CCCOCC(O)CO. The Morgan fingerprint density at radius 2 is 1.27 bits per heavy atom. The van der Waals surface area contributed by atoms with Crippen LogP contribution in [0.5, 0.6) is 0 Å². The molecule has 0 heterocycles. The molecular weight excluding hydrogens is 360 g/mol. The van der Waals surface area contributed by atoms with Crippen LogP contribution in [0.25, 0.3) is 0 Å². The van der Waals surface area contributed by atoms with Crippen LogP contribution in [0.3, 0.4) is 0 Å². The van der Waals surface area contributed by atoms with E-state index in [1.807, 2.05) is 0 Å². The Morgan fingerprint density at radius 1 is 0.769 bits per heavy atom. The van der Waals surface area contributed by atoms with Gasteiger partial charge in [0.1, 0.15) is 6.10 Å². The van der Waals surface area contributed by atoms with Gasteiger partial charge in [0.2, 0.25) is 0 Å². The molecule has 1 unspecified atom stereocenters. The fourth-order valence-corrected chi connectivity index (χ4v) is 12.3. The summed E-state index contributed by atoms with van der Waals surface area (Å²) in [6.45, 7) is 12.3. The van der Waals surface area contributed by atoms with Crippen molar-refractivity contribution in [3.05, 3.63) is 0 Å². The number of aliphatic hydroxyl groups is 2. The Labute approximate surface area is 164 Å². The lowest BCUT2D eigenvalue weighted by Crippen LogP contribution is -2.44. The van der Waals surface area contributed by atoms with Crippen LogP contribution in [0.15, 0.2) is 0 Å². The van der Waals surface area contributed by atoms with E-state index in [0.29, 0.717) is 6.61 Å². The van der Waals surface area contributed by atoms with E-state index in [4.69, 9.17) is 14.0 Å². The molecule has 26 heavy (non-hydrogen) atoms. The molecule has 158 valence electrons. The van der Waals surface area contributed by atoms with Crippen LogP contribution in [0.2, 0.25) is 38.3 Å². The lowest BCUT2D eigenvalue weighted by Gasteiger charge is -2.34. The molecule has 0 saturated heterocycles. The molecule has 0 aliphatic carbocycles. The van der Waals surface area contributed by atoms with Gasteiger partial charge < -0.3 is 19.1 Å². The van der Waals surface area contributed by atoms with Crippen molar-refractivity contribution in [1.82, 2.24) is 0 Å². The van der Waals surface area contributed by atoms with E-state index in [9.17, 15) is 5.11 Å². The van der Waals surface area contributed by atoms with Crippen LogP contribution in [0, 0.1) is 0 Å². The van der Waals surface area contributed by atoms with E-state index in [-0.39, 0.29) is 13.2 Å². The largest absolute Gasteiger partial charge is 0.455 e. The molecule has 1 atom stereocenters. The third-order valence-electron chi connectivity index (χ3n) is 4.77. The molecule has 0 radical (unpaired) electrons. The van der Waals surface area contributed by atoms with Crippen LogP contribution in [0.1, 0.15) is 64.7 Å². The van der Waals surface area contributed by atoms with Crippen molar-refractivity contribution in [2.24, 2.45) is 0 Å². The van der Waals surface area contributed by atoms with E-state index in [2.05, 4.69) is 33.1 Å². The molecule has 6 heteroatoms. The Morgan fingerprint density at radius 3 is 1.81 bits per heavy atom. The van der Waals surface area contributed by atoms with Crippen LogP contribution in [-0.4, -0.2) is 52.8 Å².